The highest BCUT2D eigenvalue weighted by Crippen LogP contribution is 2.41. The number of carbonyl (C=O) groups is 1. The molecule has 1 aliphatic rings. The van der Waals surface area contributed by atoms with Crippen LogP contribution in [0.3, 0.4) is 0 Å². The molecule has 1 amide bonds. The molecule has 0 aliphatic heterocycles. The van der Waals surface area contributed by atoms with Crippen LogP contribution < -0.4 is 10.1 Å². The lowest BCUT2D eigenvalue weighted by molar-refractivity contribution is -0.137. The third-order valence-corrected chi connectivity index (χ3v) is 8.14. The van der Waals surface area contributed by atoms with Crippen LogP contribution in [0.5, 0.6) is 5.75 Å². The highest BCUT2D eigenvalue weighted by atomic mass is 32.2. The van der Waals surface area contributed by atoms with Gasteiger partial charge >= 0.3 is 6.18 Å². The van der Waals surface area contributed by atoms with Crippen LogP contribution in [-0.2, 0) is 23.8 Å². The Morgan fingerprint density at radius 1 is 1.08 bits per heavy atom. The van der Waals surface area contributed by atoms with Crippen LogP contribution in [0.2, 0.25) is 0 Å². The Kier molecular flexibility index (Phi) is 6.90. The number of thiophene rings is 1. The second-order valence-corrected chi connectivity index (χ2v) is 10.4. The van der Waals surface area contributed by atoms with Crippen LogP contribution >= 0.6 is 23.1 Å². The topological polar surface area (TPSA) is 64.1 Å². The molecule has 0 fully saturated rings. The van der Waals surface area contributed by atoms with E-state index in [-0.39, 0.29) is 11.4 Å². The van der Waals surface area contributed by atoms with Gasteiger partial charge in [-0.05, 0) is 67.6 Å². The van der Waals surface area contributed by atoms with Crippen LogP contribution in [0, 0.1) is 0 Å². The molecule has 0 saturated heterocycles. The standard InChI is InChI=1S/C26H22F3N3O2S2/c1-34-16-12-10-15(11-13-16)23-31-24(22-17-6-2-5-9-20(17)36-25(22)32-23)35-14-21(33)30-19-8-4-3-7-18(19)26(27,28)29/h3-4,7-8,10-13H,2,5-6,9,14H2,1H3,(H,30,33). The van der Waals surface area contributed by atoms with Crippen molar-refractivity contribution < 1.29 is 22.7 Å². The van der Waals surface area contributed by atoms with Gasteiger partial charge in [-0.25, -0.2) is 9.97 Å². The summed E-state index contributed by atoms with van der Waals surface area (Å²) in [6, 6.07) is 12.4. The first-order valence-electron chi connectivity index (χ1n) is 11.4. The van der Waals surface area contributed by atoms with Crippen molar-refractivity contribution in [2.24, 2.45) is 0 Å². The van der Waals surface area contributed by atoms with E-state index in [1.165, 1.54) is 40.4 Å². The molecule has 1 N–H and O–H groups in total. The molecule has 0 unspecified atom stereocenters. The summed E-state index contributed by atoms with van der Waals surface area (Å²) in [6.45, 7) is 0. The first kappa shape index (κ1) is 24.6. The number of benzene rings is 2. The number of hydrogen-bond donors (Lipinski definition) is 1. The maximum atomic E-state index is 13.3. The molecule has 186 valence electrons. The van der Waals surface area contributed by atoms with Gasteiger partial charge in [-0.1, -0.05) is 23.9 Å². The number of thioether (sulfide) groups is 1. The number of aromatic nitrogens is 2. The Labute approximate surface area is 214 Å². The van der Waals surface area contributed by atoms with Crippen LogP contribution in [0.4, 0.5) is 18.9 Å². The number of rotatable bonds is 6. The molecule has 0 saturated carbocycles. The zero-order valence-corrected chi connectivity index (χ0v) is 20.9. The number of hydrogen-bond acceptors (Lipinski definition) is 6. The molecule has 0 radical (unpaired) electrons. The molecule has 1 aliphatic carbocycles. The van der Waals surface area contributed by atoms with Gasteiger partial charge < -0.3 is 10.1 Å². The zero-order valence-electron chi connectivity index (χ0n) is 19.3. The van der Waals surface area contributed by atoms with Crippen LogP contribution in [0.15, 0.2) is 53.6 Å². The molecule has 10 heteroatoms. The molecule has 2 aromatic carbocycles. The van der Waals surface area contributed by atoms with E-state index in [4.69, 9.17) is 14.7 Å². The summed E-state index contributed by atoms with van der Waals surface area (Å²) in [7, 11) is 1.60. The van der Waals surface area contributed by atoms with Gasteiger partial charge in [0.05, 0.1) is 24.1 Å². The van der Waals surface area contributed by atoms with Gasteiger partial charge in [0.15, 0.2) is 5.82 Å². The predicted octanol–water partition coefficient (Wildman–Crippen LogP) is 7.00. The summed E-state index contributed by atoms with van der Waals surface area (Å²) in [6.07, 6.45) is -0.425. The van der Waals surface area contributed by atoms with Crippen molar-refractivity contribution in [2.75, 3.05) is 18.2 Å². The summed E-state index contributed by atoms with van der Waals surface area (Å²) < 4.78 is 45.2. The predicted molar refractivity (Wildman–Crippen MR) is 137 cm³/mol. The van der Waals surface area contributed by atoms with E-state index >= 15 is 0 Å². The number of carbonyl (C=O) groups excluding carboxylic acids is 1. The number of halogens is 3. The molecule has 36 heavy (non-hydrogen) atoms. The molecule has 4 aromatic rings. The number of aryl methyl sites for hydroxylation is 2. The van der Waals surface area contributed by atoms with Crippen molar-refractivity contribution in [2.45, 2.75) is 36.9 Å². The molecule has 0 bridgehead atoms. The van der Waals surface area contributed by atoms with Gasteiger partial charge in [0.2, 0.25) is 5.91 Å². The van der Waals surface area contributed by atoms with Crippen molar-refractivity contribution in [1.29, 1.82) is 0 Å². The van der Waals surface area contributed by atoms with Gasteiger partial charge in [-0.3, -0.25) is 4.79 Å². The van der Waals surface area contributed by atoms with Gasteiger partial charge in [-0.15, -0.1) is 11.3 Å². The molecular weight excluding hydrogens is 507 g/mol. The molecular formula is C26H22F3N3O2S2. The van der Waals surface area contributed by atoms with E-state index in [9.17, 15) is 18.0 Å². The van der Waals surface area contributed by atoms with E-state index in [2.05, 4.69) is 5.32 Å². The first-order chi connectivity index (χ1) is 17.3. The minimum absolute atomic E-state index is 0.0784. The number of nitrogens with zero attached hydrogens (tertiary/aromatic N) is 2. The van der Waals surface area contributed by atoms with Crippen molar-refractivity contribution in [3.8, 4) is 17.1 Å². The fourth-order valence-corrected chi connectivity index (χ4v) is 6.44. The average molecular weight is 530 g/mol. The molecule has 5 rings (SSSR count). The van der Waals surface area contributed by atoms with Crippen LogP contribution in [0.1, 0.15) is 28.8 Å². The second kappa shape index (κ2) is 10.1. The second-order valence-electron chi connectivity index (χ2n) is 8.35. The fraction of sp³-hybridized carbons (Fsp3) is 0.269. The van der Waals surface area contributed by atoms with E-state index in [0.717, 1.165) is 53.3 Å². The summed E-state index contributed by atoms with van der Waals surface area (Å²) in [5.74, 6) is 0.648. The largest absolute Gasteiger partial charge is 0.497 e. The summed E-state index contributed by atoms with van der Waals surface area (Å²) in [5.41, 5.74) is 0.916. The number of para-hydroxylation sites is 1. The number of nitrogens with one attached hydrogen (secondary N) is 1. The smallest absolute Gasteiger partial charge is 0.418 e. The quantitative estimate of drug-likeness (QED) is 0.215. The van der Waals surface area contributed by atoms with E-state index in [0.29, 0.717) is 10.9 Å². The van der Waals surface area contributed by atoms with Gasteiger partial charge in [0.25, 0.3) is 0 Å². The van der Waals surface area contributed by atoms with E-state index in [1.807, 2.05) is 24.3 Å². The van der Waals surface area contributed by atoms with Gasteiger partial charge in [0, 0.05) is 15.8 Å². The summed E-state index contributed by atoms with van der Waals surface area (Å²) >= 11 is 2.88. The number of methoxy groups -OCH3 is 1. The third kappa shape index (κ3) is 5.05. The minimum Gasteiger partial charge on any atom is -0.497 e. The maximum absolute atomic E-state index is 13.3. The Balaban J connectivity index is 1.45. The normalized spacial score (nSPS) is 13.4. The molecule has 2 aromatic heterocycles. The van der Waals surface area contributed by atoms with E-state index in [1.54, 1.807) is 18.4 Å². The van der Waals surface area contributed by atoms with Crippen molar-refractivity contribution in [1.82, 2.24) is 9.97 Å². The number of amides is 1. The summed E-state index contributed by atoms with van der Waals surface area (Å²) in [5, 5.41) is 4.05. The molecule has 2 heterocycles. The Morgan fingerprint density at radius 3 is 2.58 bits per heavy atom. The number of alkyl halides is 3. The van der Waals surface area contributed by atoms with Crippen LogP contribution in [-0.4, -0.2) is 28.7 Å². The van der Waals surface area contributed by atoms with Crippen molar-refractivity contribution in [3.63, 3.8) is 0 Å². The highest BCUT2D eigenvalue weighted by Gasteiger charge is 2.33. The Bertz CT molecular complexity index is 1420. The highest BCUT2D eigenvalue weighted by molar-refractivity contribution is 8.00. The zero-order chi connectivity index (χ0) is 25.3. The Hall–Kier alpha value is -3.11. The number of anilines is 1. The lowest BCUT2D eigenvalue weighted by Crippen LogP contribution is -2.18. The van der Waals surface area contributed by atoms with Gasteiger partial charge in [0.1, 0.15) is 15.6 Å². The first-order valence-corrected chi connectivity index (χ1v) is 13.2. The number of fused-ring (bicyclic) bond motifs is 3. The number of ether oxygens (including phenoxy) is 1. The van der Waals surface area contributed by atoms with E-state index < -0.39 is 17.6 Å². The summed E-state index contributed by atoms with van der Waals surface area (Å²) in [4.78, 5) is 24.5. The van der Waals surface area contributed by atoms with Gasteiger partial charge in [-0.2, -0.15) is 13.2 Å². The minimum atomic E-state index is -4.56. The fourth-order valence-electron chi connectivity index (χ4n) is 4.26. The lowest BCUT2D eigenvalue weighted by atomic mass is 9.97. The third-order valence-electron chi connectivity index (χ3n) is 5.98. The monoisotopic (exact) mass is 529 g/mol. The molecule has 0 spiro atoms. The lowest BCUT2D eigenvalue weighted by Gasteiger charge is -2.14. The average Bonchev–Trinajstić information content (AvgIpc) is 3.25. The maximum Gasteiger partial charge on any atom is 0.418 e. The van der Waals surface area contributed by atoms with Crippen LogP contribution in [0.25, 0.3) is 21.6 Å². The molecule has 5 nitrogen and oxygen atoms in total. The Morgan fingerprint density at radius 2 is 1.83 bits per heavy atom. The van der Waals surface area contributed by atoms with Crippen molar-refractivity contribution in [3.05, 3.63) is 64.5 Å². The SMILES string of the molecule is COc1ccc(-c2nc(SCC(=O)Nc3ccccc3C(F)(F)F)c3c4c(sc3n2)CCCC4)cc1. The van der Waals surface area contributed by atoms with Crippen molar-refractivity contribution >= 4 is 44.9 Å². The molecule has 0 atom stereocenters.